The van der Waals surface area contributed by atoms with Crippen molar-refractivity contribution in [3.63, 3.8) is 0 Å². The Kier molecular flexibility index (Phi) is 4.78. The van der Waals surface area contributed by atoms with E-state index in [-0.39, 0.29) is 17.9 Å². The van der Waals surface area contributed by atoms with Crippen molar-refractivity contribution < 1.29 is 9.53 Å². The van der Waals surface area contributed by atoms with Crippen LogP contribution in [0.2, 0.25) is 5.15 Å². The van der Waals surface area contributed by atoms with E-state index in [0.29, 0.717) is 24.8 Å². The van der Waals surface area contributed by atoms with E-state index in [0.717, 1.165) is 31.7 Å². The average molecular weight is 325 g/mol. The molecule has 2 fully saturated rings. The SMILES string of the molecule is CC1CN(C(=O)C2CCN(c3ccc(Cl)nn3)CC2)CCO1. The molecule has 2 aliphatic rings. The highest BCUT2D eigenvalue weighted by atomic mass is 35.5. The molecule has 7 heteroatoms. The third kappa shape index (κ3) is 3.50. The summed E-state index contributed by atoms with van der Waals surface area (Å²) >= 11 is 5.76. The Balaban J connectivity index is 1.55. The summed E-state index contributed by atoms with van der Waals surface area (Å²) in [6, 6.07) is 3.62. The largest absolute Gasteiger partial charge is 0.375 e. The summed E-state index contributed by atoms with van der Waals surface area (Å²) in [4.78, 5) is 16.7. The minimum Gasteiger partial charge on any atom is -0.375 e. The van der Waals surface area contributed by atoms with Gasteiger partial charge in [-0.3, -0.25) is 4.79 Å². The third-order valence-electron chi connectivity index (χ3n) is 4.34. The molecule has 0 spiro atoms. The predicted molar refractivity (Wildman–Crippen MR) is 84.0 cm³/mol. The van der Waals surface area contributed by atoms with Gasteiger partial charge in [-0.1, -0.05) is 11.6 Å². The van der Waals surface area contributed by atoms with Gasteiger partial charge < -0.3 is 14.5 Å². The van der Waals surface area contributed by atoms with E-state index in [4.69, 9.17) is 16.3 Å². The van der Waals surface area contributed by atoms with Crippen LogP contribution in [0.5, 0.6) is 0 Å². The van der Waals surface area contributed by atoms with Crippen molar-refractivity contribution in [2.75, 3.05) is 37.7 Å². The zero-order valence-corrected chi connectivity index (χ0v) is 13.5. The zero-order chi connectivity index (χ0) is 15.5. The fourth-order valence-corrected chi connectivity index (χ4v) is 3.21. The van der Waals surface area contributed by atoms with Gasteiger partial charge >= 0.3 is 0 Å². The molecule has 1 amide bonds. The molecule has 1 aromatic heterocycles. The van der Waals surface area contributed by atoms with Crippen LogP contribution in [0.25, 0.3) is 0 Å². The van der Waals surface area contributed by atoms with Gasteiger partial charge in [0, 0.05) is 32.1 Å². The first-order chi connectivity index (χ1) is 10.6. The summed E-state index contributed by atoms with van der Waals surface area (Å²) in [7, 11) is 0. The van der Waals surface area contributed by atoms with E-state index >= 15 is 0 Å². The Morgan fingerprint density at radius 3 is 2.68 bits per heavy atom. The Bertz CT molecular complexity index is 517. The number of morpholine rings is 1. The van der Waals surface area contributed by atoms with E-state index in [1.807, 2.05) is 17.9 Å². The van der Waals surface area contributed by atoms with Crippen LogP contribution in [0.3, 0.4) is 0 Å². The van der Waals surface area contributed by atoms with Gasteiger partial charge in [0.25, 0.3) is 0 Å². The molecule has 3 heterocycles. The summed E-state index contributed by atoms with van der Waals surface area (Å²) in [5, 5.41) is 8.38. The third-order valence-corrected chi connectivity index (χ3v) is 4.54. The molecule has 0 radical (unpaired) electrons. The van der Waals surface area contributed by atoms with Gasteiger partial charge in [0.2, 0.25) is 5.91 Å². The molecule has 120 valence electrons. The standard InChI is InChI=1S/C15H21ClN4O2/c1-11-10-20(8-9-22-11)15(21)12-4-6-19(7-5-12)14-3-2-13(16)17-18-14/h2-3,11-12H,4-10H2,1H3. The molecule has 1 atom stereocenters. The zero-order valence-electron chi connectivity index (χ0n) is 12.7. The van der Waals surface area contributed by atoms with Crippen LogP contribution in [0, 0.1) is 5.92 Å². The topological polar surface area (TPSA) is 58.6 Å². The molecule has 1 aromatic rings. The molecule has 2 aliphatic heterocycles. The van der Waals surface area contributed by atoms with E-state index < -0.39 is 0 Å². The van der Waals surface area contributed by atoms with Gasteiger partial charge in [-0.25, -0.2) is 0 Å². The van der Waals surface area contributed by atoms with Crippen molar-refractivity contribution in [2.24, 2.45) is 5.92 Å². The maximum Gasteiger partial charge on any atom is 0.225 e. The molecular weight excluding hydrogens is 304 g/mol. The second kappa shape index (κ2) is 6.79. The Morgan fingerprint density at radius 2 is 2.05 bits per heavy atom. The van der Waals surface area contributed by atoms with Gasteiger partial charge in [-0.05, 0) is 31.9 Å². The minimum absolute atomic E-state index is 0.113. The molecule has 0 N–H and O–H groups in total. The Hall–Kier alpha value is -1.40. The molecule has 22 heavy (non-hydrogen) atoms. The van der Waals surface area contributed by atoms with Crippen LogP contribution in [-0.2, 0) is 9.53 Å². The summed E-state index contributed by atoms with van der Waals surface area (Å²) in [6.45, 7) is 5.74. The van der Waals surface area contributed by atoms with Crippen LogP contribution in [0.15, 0.2) is 12.1 Å². The Labute approximate surface area is 135 Å². The van der Waals surface area contributed by atoms with Crippen molar-refractivity contribution in [3.05, 3.63) is 17.3 Å². The van der Waals surface area contributed by atoms with E-state index in [2.05, 4.69) is 15.1 Å². The quantitative estimate of drug-likeness (QED) is 0.827. The summed E-state index contributed by atoms with van der Waals surface area (Å²) in [6.07, 6.45) is 1.85. The lowest BCUT2D eigenvalue weighted by Crippen LogP contribution is -2.49. The highest BCUT2D eigenvalue weighted by Crippen LogP contribution is 2.24. The maximum absolute atomic E-state index is 12.6. The van der Waals surface area contributed by atoms with Crippen LogP contribution in [0.1, 0.15) is 19.8 Å². The summed E-state index contributed by atoms with van der Waals surface area (Å²) in [5.41, 5.74) is 0. The number of hydrogen-bond donors (Lipinski definition) is 0. The molecule has 2 saturated heterocycles. The molecule has 0 bridgehead atoms. The van der Waals surface area contributed by atoms with E-state index in [9.17, 15) is 4.79 Å². The number of carbonyl (C=O) groups excluding carboxylic acids is 1. The molecule has 0 saturated carbocycles. The van der Waals surface area contributed by atoms with Gasteiger partial charge in [-0.15, -0.1) is 10.2 Å². The fourth-order valence-electron chi connectivity index (χ4n) is 3.11. The lowest BCUT2D eigenvalue weighted by Gasteiger charge is -2.37. The lowest BCUT2D eigenvalue weighted by molar-refractivity contribution is -0.143. The van der Waals surface area contributed by atoms with Crippen molar-refractivity contribution in [2.45, 2.75) is 25.9 Å². The number of hydrogen-bond acceptors (Lipinski definition) is 5. The smallest absolute Gasteiger partial charge is 0.225 e. The number of nitrogens with zero attached hydrogens (tertiary/aromatic N) is 4. The van der Waals surface area contributed by atoms with Crippen LogP contribution >= 0.6 is 11.6 Å². The van der Waals surface area contributed by atoms with E-state index in [1.165, 1.54) is 0 Å². The van der Waals surface area contributed by atoms with Crippen LogP contribution in [0.4, 0.5) is 5.82 Å². The molecule has 0 aliphatic carbocycles. The Morgan fingerprint density at radius 1 is 1.27 bits per heavy atom. The first-order valence-corrected chi connectivity index (χ1v) is 8.16. The highest BCUT2D eigenvalue weighted by molar-refractivity contribution is 6.29. The minimum atomic E-state index is 0.113. The molecule has 6 nitrogen and oxygen atoms in total. The average Bonchev–Trinajstić information content (AvgIpc) is 2.55. The number of anilines is 1. The monoisotopic (exact) mass is 324 g/mol. The number of aromatic nitrogens is 2. The number of halogens is 1. The normalized spacial score (nSPS) is 23.6. The van der Waals surface area contributed by atoms with Gasteiger partial charge in [0.15, 0.2) is 11.0 Å². The fraction of sp³-hybridized carbons (Fsp3) is 0.667. The second-order valence-electron chi connectivity index (χ2n) is 5.94. The van der Waals surface area contributed by atoms with Crippen molar-refractivity contribution >= 4 is 23.3 Å². The summed E-state index contributed by atoms with van der Waals surface area (Å²) < 4.78 is 5.50. The number of rotatable bonds is 2. The number of amides is 1. The lowest BCUT2D eigenvalue weighted by atomic mass is 9.95. The highest BCUT2D eigenvalue weighted by Gasteiger charge is 2.31. The van der Waals surface area contributed by atoms with Crippen LogP contribution < -0.4 is 4.90 Å². The maximum atomic E-state index is 12.6. The molecule has 1 unspecified atom stereocenters. The van der Waals surface area contributed by atoms with E-state index in [1.54, 1.807) is 6.07 Å². The van der Waals surface area contributed by atoms with Crippen molar-refractivity contribution in [1.29, 1.82) is 0 Å². The molecule has 0 aromatic carbocycles. The first-order valence-electron chi connectivity index (χ1n) is 7.78. The van der Waals surface area contributed by atoms with Gasteiger partial charge in [-0.2, -0.15) is 0 Å². The first kappa shape index (κ1) is 15.5. The molecule has 3 rings (SSSR count). The van der Waals surface area contributed by atoms with Crippen molar-refractivity contribution in [3.8, 4) is 0 Å². The van der Waals surface area contributed by atoms with Gasteiger partial charge in [0.05, 0.1) is 12.7 Å². The molecular formula is C15H21ClN4O2. The summed E-state index contributed by atoms with van der Waals surface area (Å²) in [5.74, 6) is 1.22. The van der Waals surface area contributed by atoms with Crippen molar-refractivity contribution in [1.82, 2.24) is 15.1 Å². The second-order valence-corrected chi connectivity index (χ2v) is 6.33. The number of carbonyl (C=O) groups is 1. The predicted octanol–water partition coefficient (Wildman–Crippen LogP) is 1.59. The number of piperidine rings is 1. The van der Waals surface area contributed by atoms with Crippen LogP contribution in [-0.4, -0.2) is 59.9 Å². The number of ether oxygens (including phenoxy) is 1. The van der Waals surface area contributed by atoms with Gasteiger partial charge in [0.1, 0.15) is 0 Å².